The summed E-state index contributed by atoms with van der Waals surface area (Å²) < 4.78 is 47.9. The Morgan fingerprint density at radius 3 is 2.73 bits per heavy atom. The maximum absolute atomic E-state index is 14.9. The molecule has 0 atom stereocenters. The van der Waals surface area contributed by atoms with Crippen LogP contribution in [-0.4, -0.2) is 67.2 Å². The summed E-state index contributed by atoms with van der Waals surface area (Å²) in [5.41, 5.74) is 3.35. The van der Waals surface area contributed by atoms with Crippen molar-refractivity contribution >= 4 is 27.7 Å². The molecule has 5 rings (SSSR count). The highest BCUT2D eigenvalue weighted by Gasteiger charge is 2.42. The number of rotatable bonds is 7. The van der Waals surface area contributed by atoms with Gasteiger partial charge in [-0.2, -0.15) is 11.8 Å². The Balaban J connectivity index is 1.38. The number of amides is 1. The highest BCUT2D eigenvalue weighted by Crippen LogP contribution is 2.36. The first-order valence-corrected chi connectivity index (χ1v) is 13.8. The van der Waals surface area contributed by atoms with Crippen molar-refractivity contribution in [3.8, 4) is 17.0 Å². The molecule has 2 aliphatic heterocycles. The lowest BCUT2D eigenvalue weighted by molar-refractivity contribution is -0.118. The molecule has 1 aromatic heterocycles. The van der Waals surface area contributed by atoms with Crippen molar-refractivity contribution in [1.29, 1.82) is 0 Å². The number of fused-ring (bicyclic) bond motifs is 1. The van der Waals surface area contributed by atoms with Gasteiger partial charge >= 0.3 is 0 Å². The molecule has 0 bridgehead atoms. The van der Waals surface area contributed by atoms with Gasteiger partial charge in [-0.05, 0) is 59.2 Å². The second kappa shape index (κ2) is 8.88. The first kappa shape index (κ1) is 22.6. The topological polar surface area (TPSA) is 88.6 Å². The van der Waals surface area contributed by atoms with Gasteiger partial charge < -0.3 is 4.74 Å². The van der Waals surface area contributed by atoms with Crippen molar-refractivity contribution < 1.29 is 22.3 Å². The molecule has 1 aliphatic carbocycles. The average Bonchev–Trinajstić information content (AvgIpc) is 3.21. The van der Waals surface area contributed by atoms with Crippen LogP contribution in [0.25, 0.3) is 11.1 Å². The third-order valence-corrected chi connectivity index (χ3v) is 9.70. The number of hydrogen-bond acceptors (Lipinski definition) is 7. The first-order chi connectivity index (χ1) is 15.9. The Morgan fingerprint density at radius 2 is 2.03 bits per heavy atom. The lowest BCUT2D eigenvalue weighted by atomic mass is 9.91. The monoisotopic (exact) mass is 491 g/mol. The molecule has 0 unspecified atom stereocenters. The van der Waals surface area contributed by atoms with E-state index < -0.39 is 21.2 Å². The van der Waals surface area contributed by atoms with E-state index in [0.717, 1.165) is 23.5 Å². The van der Waals surface area contributed by atoms with E-state index in [2.05, 4.69) is 14.6 Å². The number of halogens is 1. The molecule has 10 heteroatoms. The standard InChI is InChI=1S/C23H26FN3O4S2/c1-31-23-7-14(5-6-25-23)19-8-21(24)18-4-2-3-17(18)20(19)9-22(28)26-33(29,30)16-10-27(11-16)15-12-32-13-15/h5-8,15-16H,2-4,9-13H2,1H3,(H,26,28). The van der Waals surface area contributed by atoms with Crippen molar-refractivity contribution in [3.05, 3.63) is 46.9 Å². The number of sulfonamides is 1. The predicted octanol–water partition coefficient (Wildman–Crippen LogP) is 2.17. The van der Waals surface area contributed by atoms with Gasteiger partial charge in [-0.3, -0.25) is 14.4 Å². The second-order valence-electron chi connectivity index (χ2n) is 8.80. The number of thioether (sulfide) groups is 1. The molecular weight excluding hydrogens is 465 g/mol. The van der Waals surface area contributed by atoms with E-state index in [9.17, 15) is 17.6 Å². The normalized spacial score (nSPS) is 19.0. The molecule has 33 heavy (non-hydrogen) atoms. The summed E-state index contributed by atoms with van der Waals surface area (Å²) in [5, 5.41) is -0.574. The fourth-order valence-corrected chi connectivity index (χ4v) is 6.99. The highest BCUT2D eigenvalue weighted by molar-refractivity contribution is 8.00. The molecule has 3 aliphatic rings. The van der Waals surface area contributed by atoms with Gasteiger partial charge in [0.05, 0.1) is 13.5 Å². The number of benzene rings is 1. The molecule has 2 fully saturated rings. The van der Waals surface area contributed by atoms with Crippen LogP contribution in [0.1, 0.15) is 23.1 Å². The maximum atomic E-state index is 14.9. The molecule has 1 N–H and O–H groups in total. The van der Waals surface area contributed by atoms with E-state index >= 15 is 0 Å². The largest absolute Gasteiger partial charge is 0.481 e. The van der Waals surface area contributed by atoms with Gasteiger partial charge in [-0.1, -0.05) is 0 Å². The van der Waals surface area contributed by atoms with Crippen LogP contribution in [0, 0.1) is 5.82 Å². The summed E-state index contributed by atoms with van der Waals surface area (Å²) in [4.78, 5) is 19.2. The first-order valence-electron chi connectivity index (χ1n) is 11.1. The van der Waals surface area contributed by atoms with Crippen LogP contribution in [-0.2, 0) is 34.1 Å². The molecule has 0 spiro atoms. The number of carbonyl (C=O) groups excluding carboxylic acids is 1. The minimum absolute atomic E-state index is 0.127. The summed E-state index contributed by atoms with van der Waals surface area (Å²) in [7, 11) is -2.26. The van der Waals surface area contributed by atoms with E-state index in [1.807, 2.05) is 11.8 Å². The van der Waals surface area contributed by atoms with Gasteiger partial charge in [-0.25, -0.2) is 17.8 Å². The average molecular weight is 492 g/mol. The van der Waals surface area contributed by atoms with E-state index in [-0.39, 0.29) is 12.2 Å². The summed E-state index contributed by atoms with van der Waals surface area (Å²) in [6.45, 7) is 0.920. The van der Waals surface area contributed by atoms with Gasteiger partial charge in [0.1, 0.15) is 11.1 Å². The predicted molar refractivity (Wildman–Crippen MR) is 125 cm³/mol. The van der Waals surface area contributed by atoms with Gasteiger partial charge in [-0.15, -0.1) is 0 Å². The molecule has 3 heterocycles. The Morgan fingerprint density at radius 1 is 1.27 bits per heavy atom. The molecule has 1 aromatic carbocycles. The number of methoxy groups -OCH3 is 1. The third-order valence-electron chi connectivity index (χ3n) is 6.77. The smallest absolute Gasteiger partial charge is 0.240 e. The quantitative estimate of drug-likeness (QED) is 0.635. The van der Waals surface area contributed by atoms with Crippen molar-refractivity contribution in [2.45, 2.75) is 37.0 Å². The molecule has 0 saturated carbocycles. The van der Waals surface area contributed by atoms with Crippen molar-refractivity contribution in [3.63, 3.8) is 0 Å². The zero-order chi connectivity index (χ0) is 23.2. The molecule has 0 radical (unpaired) electrons. The fraction of sp³-hybridized carbons (Fsp3) is 0.478. The number of carbonyl (C=O) groups is 1. The molecule has 2 aromatic rings. The number of pyridine rings is 1. The van der Waals surface area contributed by atoms with Crippen LogP contribution < -0.4 is 9.46 Å². The number of aromatic nitrogens is 1. The van der Waals surface area contributed by atoms with E-state index in [0.29, 0.717) is 60.1 Å². The van der Waals surface area contributed by atoms with Crippen molar-refractivity contribution in [2.24, 2.45) is 0 Å². The SMILES string of the molecule is COc1cc(-c2cc(F)c3c(c2CC(=O)NS(=O)(=O)C2CN(C4CSC4)C2)CCC3)ccn1. The van der Waals surface area contributed by atoms with Crippen LogP contribution in [0.15, 0.2) is 24.4 Å². The Kier molecular flexibility index (Phi) is 6.09. The molecule has 7 nitrogen and oxygen atoms in total. The van der Waals surface area contributed by atoms with Crippen molar-refractivity contribution in [1.82, 2.24) is 14.6 Å². The summed E-state index contributed by atoms with van der Waals surface area (Å²) in [5.74, 6) is 1.57. The number of nitrogens with one attached hydrogen (secondary N) is 1. The van der Waals surface area contributed by atoms with E-state index in [1.165, 1.54) is 13.2 Å². The lowest BCUT2D eigenvalue weighted by Crippen LogP contribution is -2.63. The van der Waals surface area contributed by atoms with Gasteiger partial charge in [0.15, 0.2) is 0 Å². The van der Waals surface area contributed by atoms with E-state index in [4.69, 9.17) is 4.74 Å². The Bertz CT molecular complexity index is 1190. The highest BCUT2D eigenvalue weighted by atomic mass is 32.2. The molecular formula is C23H26FN3O4S2. The molecule has 1 amide bonds. The minimum atomic E-state index is -3.76. The van der Waals surface area contributed by atoms with Gasteiger partial charge in [0.2, 0.25) is 21.8 Å². The van der Waals surface area contributed by atoms with Gasteiger partial charge in [0.25, 0.3) is 0 Å². The zero-order valence-electron chi connectivity index (χ0n) is 18.3. The summed E-state index contributed by atoms with van der Waals surface area (Å²) in [6.07, 6.45) is 3.52. The number of hydrogen-bond donors (Lipinski definition) is 1. The summed E-state index contributed by atoms with van der Waals surface area (Å²) in [6, 6.07) is 5.32. The number of likely N-dealkylation sites (tertiary alicyclic amines) is 1. The van der Waals surface area contributed by atoms with E-state index in [1.54, 1.807) is 18.3 Å². The molecule has 176 valence electrons. The van der Waals surface area contributed by atoms with Crippen LogP contribution in [0.5, 0.6) is 5.88 Å². The van der Waals surface area contributed by atoms with Gasteiger partial charge in [0, 0.05) is 42.9 Å². The van der Waals surface area contributed by atoms with Crippen LogP contribution in [0.3, 0.4) is 0 Å². The molecule has 2 saturated heterocycles. The minimum Gasteiger partial charge on any atom is -0.481 e. The van der Waals surface area contributed by atoms with Crippen LogP contribution in [0.4, 0.5) is 4.39 Å². The third kappa shape index (κ3) is 4.36. The Hall–Kier alpha value is -2.17. The number of ether oxygens (including phenoxy) is 1. The lowest BCUT2D eigenvalue weighted by Gasteiger charge is -2.46. The zero-order valence-corrected chi connectivity index (χ0v) is 20.0. The summed E-state index contributed by atoms with van der Waals surface area (Å²) >= 11 is 1.86. The second-order valence-corrected chi connectivity index (χ2v) is 11.8. The van der Waals surface area contributed by atoms with Crippen LogP contribution in [0.2, 0.25) is 0 Å². The van der Waals surface area contributed by atoms with Crippen molar-refractivity contribution in [2.75, 3.05) is 31.7 Å². The van der Waals surface area contributed by atoms with Crippen LogP contribution >= 0.6 is 11.8 Å². The fourth-order valence-electron chi connectivity index (χ4n) is 4.79. The Labute approximate surface area is 197 Å². The number of nitrogens with zero attached hydrogens (tertiary/aromatic N) is 2. The maximum Gasteiger partial charge on any atom is 0.240 e.